The second kappa shape index (κ2) is 8.49. The Hall–Kier alpha value is -2.47. The normalized spacial score (nSPS) is 16.0. The van der Waals surface area contributed by atoms with Crippen molar-refractivity contribution in [3.8, 4) is 6.07 Å². The summed E-state index contributed by atoms with van der Waals surface area (Å²) in [5.41, 5.74) is 3.20. The molecule has 1 amide bonds. The Bertz CT molecular complexity index is 1100. The van der Waals surface area contributed by atoms with E-state index in [4.69, 9.17) is 0 Å². The van der Waals surface area contributed by atoms with E-state index in [-0.39, 0.29) is 17.7 Å². The van der Waals surface area contributed by atoms with Gasteiger partial charge >= 0.3 is 0 Å². The fourth-order valence-electron chi connectivity index (χ4n) is 3.27. The topological polar surface area (TPSA) is 69.3 Å². The number of hydrazone groups is 1. The van der Waals surface area contributed by atoms with Crippen LogP contribution < -0.4 is 0 Å². The number of rotatable bonds is 5. The summed E-state index contributed by atoms with van der Waals surface area (Å²) >= 11 is 4.58. The first-order chi connectivity index (χ1) is 14.1. The van der Waals surface area contributed by atoms with Crippen LogP contribution in [0.4, 0.5) is 0 Å². The number of thioether (sulfide) groups is 1. The number of nitrogens with zero attached hydrogens (tertiary/aromatic N) is 4. The average molecular weight is 439 g/mol. The fourth-order valence-corrected chi connectivity index (χ4v) is 5.76. The number of thiophene rings is 2. The molecule has 0 saturated heterocycles. The van der Waals surface area contributed by atoms with Gasteiger partial charge in [0.25, 0.3) is 5.91 Å². The van der Waals surface area contributed by atoms with Crippen LogP contribution in [0.2, 0.25) is 0 Å². The van der Waals surface area contributed by atoms with E-state index in [0.29, 0.717) is 17.0 Å². The van der Waals surface area contributed by atoms with E-state index >= 15 is 0 Å². The Labute approximate surface area is 181 Å². The highest BCUT2D eigenvalue weighted by molar-refractivity contribution is 8.00. The molecular formula is C21H18N4OS3. The fraction of sp³-hybridized carbons (Fsp3) is 0.238. The van der Waals surface area contributed by atoms with Crippen LogP contribution in [0.1, 0.15) is 39.0 Å². The minimum absolute atomic E-state index is 0.0789. The minimum atomic E-state index is -0.0807. The summed E-state index contributed by atoms with van der Waals surface area (Å²) in [4.78, 5) is 19.8. The van der Waals surface area contributed by atoms with Gasteiger partial charge in [-0.2, -0.15) is 10.4 Å². The number of nitriles is 1. The second-order valence-corrected chi connectivity index (χ2v) is 9.55. The molecule has 1 aliphatic rings. The Balaban J connectivity index is 1.57. The van der Waals surface area contributed by atoms with Crippen LogP contribution in [0.15, 0.2) is 51.2 Å². The maximum atomic E-state index is 13.1. The lowest BCUT2D eigenvalue weighted by molar-refractivity contribution is -0.130. The summed E-state index contributed by atoms with van der Waals surface area (Å²) < 4.78 is 0. The van der Waals surface area contributed by atoms with Gasteiger partial charge in [0, 0.05) is 17.0 Å². The van der Waals surface area contributed by atoms with Gasteiger partial charge in [0.2, 0.25) is 0 Å². The number of carbonyl (C=O) groups is 1. The molecule has 4 heterocycles. The Morgan fingerprint density at radius 1 is 1.31 bits per heavy atom. The van der Waals surface area contributed by atoms with Crippen LogP contribution >= 0.6 is 34.4 Å². The maximum absolute atomic E-state index is 13.1. The molecule has 0 aromatic carbocycles. The number of amides is 1. The van der Waals surface area contributed by atoms with Crippen molar-refractivity contribution in [2.24, 2.45) is 5.10 Å². The predicted molar refractivity (Wildman–Crippen MR) is 119 cm³/mol. The molecule has 5 nitrogen and oxygen atoms in total. The lowest BCUT2D eigenvalue weighted by Crippen LogP contribution is -2.28. The summed E-state index contributed by atoms with van der Waals surface area (Å²) in [6.45, 7) is 3.79. The molecule has 4 rings (SSSR count). The number of carbonyl (C=O) groups excluding carboxylic acids is 1. The summed E-state index contributed by atoms with van der Waals surface area (Å²) in [6, 6.07) is 12.1. The van der Waals surface area contributed by atoms with Gasteiger partial charge in [-0.15, -0.1) is 22.7 Å². The van der Waals surface area contributed by atoms with Crippen molar-refractivity contribution in [2.45, 2.75) is 31.3 Å². The van der Waals surface area contributed by atoms with Crippen molar-refractivity contribution in [1.29, 1.82) is 5.26 Å². The van der Waals surface area contributed by atoms with Gasteiger partial charge in [0.1, 0.15) is 11.1 Å². The first kappa shape index (κ1) is 19.8. The minimum Gasteiger partial charge on any atom is -0.272 e. The number of hydrogen-bond donors (Lipinski definition) is 0. The van der Waals surface area contributed by atoms with E-state index in [1.807, 2.05) is 48.9 Å². The standard InChI is InChI=1S/C21H18N4OS3/c1-13-9-14(2)23-21(15(13)11-22)29-12-20(26)25-17(19-6-4-8-28-19)10-16(24-25)18-5-3-7-27-18/h3-9,17H,10,12H2,1-2H3. The molecule has 29 heavy (non-hydrogen) atoms. The SMILES string of the molecule is Cc1cc(C)c(C#N)c(SCC(=O)N2N=C(c3cccs3)CC2c2cccs2)n1. The van der Waals surface area contributed by atoms with Crippen molar-refractivity contribution in [1.82, 2.24) is 9.99 Å². The van der Waals surface area contributed by atoms with Gasteiger partial charge in [-0.05, 0) is 48.4 Å². The third-order valence-corrected chi connectivity index (χ3v) is 7.45. The molecule has 0 radical (unpaired) electrons. The Morgan fingerprint density at radius 2 is 2.10 bits per heavy atom. The number of hydrogen-bond acceptors (Lipinski definition) is 7. The van der Waals surface area contributed by atoms with Crippen molar-refractivity contribution >= 4 is 46.1 Å². The summed E-state index contributed by atoms with van der Waals surface area (Å²) in [7, 11) is 0. The van der Waals surface area contributed by atoms with E-state index < -0.39 is 0 Å². The molecule has 3 aromatic rings. The van der Waals surface area contributed by atoms with Crippen molar-refractivity contribution < 1.29 is 4.79 Å². The molecule has 0 N–H and O–H groups in total. The Kier molecular flexibility index (Phi) is 5.81. The van der Waals surface area contributed by atoms with E-state index in [1.54, 1.807) is 27.7 Å². The summed E-state index contributed by atoms with van der Waals surface area (Å²) in [6.07, 6.45) is 0.711. The third-order valence-electron chi connectivity index (χ3n) is 4.60. The van der Waals surface area contributed by atoms with Crippen molar-refractivity contribution in [3.05, 3.63) is 67.7 Å². The highest BCUT2D eigenvalue weighted by Crippen LogP contribution is 2.36. The molecular weight excluding hydrogens is 420 g/mol. The largest absolute Gasteiger partial charge is 0.272 e. The van der Waals surface area contributed by atoms with Gasteiger partial charge in [0.15, 0.2) is 0 Å². The van der Waals surface area contributed by atoms with Gasteiger partial charge in [-0.3, -0.25) is 4.79 Å². The van der Waals surface area contributed by atoms with Crippen molar-refractivity contribution in [3.63, 3.8) is 0 Å². The van der Waals surface area contributed by atoms with E-state index in [9.17, 15) is 10.1 Å². The quantitative estimate of drug-likeness (QED) is 0.516. The van der Waals surface area contributed by atoms with Gasteiger partial charge in [-0.1, -0.05) is 23.9 Å². The highest BCUT2D eigenvalue weighted by atomic mass is 32.2. The third kappa shape index (κ3) is 4.13. The first-order valence-corrected chi connectivity index (χ1v) is 11.8. The smallest absolute Gasteiger partial charge is 0.253 e. The molecule has 146 valence electrons. The molecule has 1 unspecified atom stereocenters. The summed E-state index contributed by atoms with van der Waals surface area (Å²) in [5, 5.41) is 20.4. The molecule has 1 atom stereocenters. The predicted octanol–water partition coefficient (Wildman–Crippen LogP) is 5.16. The monoisotopic (exact) mass is 438 g/mol. The number of pyridine rings is 1. The van der Waals surface area contributed by atoms with E-state index in [0.717, 1.165) is 26.7 Å². The van der Waals surface area contributed by atoms with Gasteiger partial charge in [0.05, 0.1) is 27.9 Å². The van der Waals surface area contributed by atoms with Crippen LogP contribution in [-0.4, -0.2) is 27.4 Å². The van der Waals surface area contributed by atoms with Crippen LogP contribution in [-0.2, 0) is 4.79 Å². The molecule has 0 aliphatic carbocycles. The lowest BCUT2D eigenvalue weighted by Gasteiger charge is -2.20. The zero-order valence-corrected chi connectivity index (χ0v) is 18.4. The molecule has 3 aromatic heterocycles. The molecule has 0 bridgehead atoms. The zero-order chi connectivity index (χ0) is 20.4. The second-order valence-electron chi connectivity index (χ2n) is 6.66. The molecule has 8 heteroatoms. The Morgan fingerprint density at radius 3 is 2.79 bits per heavy atom. The molecule has 0 saturated carbocycles. The van der Waals surface area contributed by atoms with Gasteiger partial charge < -0.3 is 0 Å². The van der Waals surface area contributed by atoms with Crippen LogP contribution in [0.3, 0.4) is 0 Å². The zero-order valence-electron chi connectivity index (χ0n) is 16.0. The van der Waals surface area contributed by atoms with Crippen LogP contribution in [0.5, 0.6) is 0 Å². The highest BCUT2D eigenvalue weighted by Gasteiger charge is 2.34. The van der Waals surface area contributed by atoms with Crippen LogP contribution in [0.25, 0.3) is 0 Å². The van der Waals surface area contributed by atoms with E-state index in [1.165, 1.54) is 11.8 Å². The summed E-state index contributed by atoms with van der Waals surface area (Å²) in [5.74, 6) is 0.109. The maximum Gasteiger partial charge on any atom is 0.253 e. The molecule has 0 fully saturated rings. The van der Waals surface area contributed by atoms with Crippen molar-refractivity contribution in [2.75, 3.05) is 5.75 Å². The van der Waals surface area contributed by atoms with Gasteiger partial charge in [-0.25, -0.2) is 9.99 Å². The van der Waals surface area contributed by atoms with Crippen LogP contribution in [0, 0.1) is 25.2 Å². The molecule has 1 aliphatic heterocycles. The number of aryl methyl sites for hydroxylation is 2. The lowest BCUT2D eigenvalue weighted by atomic mass is 10.1. The first-order valence-electron chi connectivity index (χ1n) is 9.04. The average Bonchev–Trinajstić information content (AvgIpc) is 3.46. The number of aromatic nitrogens is 1. The molecule has 0 spiro atoms. The van der Waals surface area contributed by atoms with E-state index in [2.05, 4.69) is 22.2 Å².